The maximum absolute atomic E-state index is 13.2. The molecule has 2 aromatic heterocycles. The summed E-state index contributed by atoms with van der Waals surface area (Å²) in [5, 5.41) is 9.26. The number of carbonyl (C=O) groups is 1. The van der Waals surface area contributed by atoms with Crippen molar-refractivity contribution in [2.75, 3.05) is 0 Å². The highest BCUT2D eigenvalue weighted by atomic mass is 32.1. The van der Waals surface area contributed by atoms with Crippen LogP contribution >= 0.6 is 11.3 Å². The molecule has 0 aliphatic carbocycles. The number of nitrogens with one attached hydrogen (secondary N) is 1. The molecular formula is C22H19N3OS. The van der Waals surface area contributed by atoms with E-state index in [4.69, 9.17) is 0 Å². The van der Waals surface area contributed by atoms with Crippen molar-refractivity contribution in [2.45, 2.75) is 13.1 Å². The van der Waals surface area contributed by atoms with Gasteiger partial charge in [0.2, 0.25) is 0 Å². The van der Waals surface area contributed by atoms with Crippen LogP contribution in [0, 0.1) is 0 Å². The van der Waals surface area contributed by atoms with E-state index < -0.39 is 0 Å². The quantitative estimate of drug-likeness (QED) is 0.518. The number of aromatic amines is 1. The van der Waals surface area contributed by atoms with Crippen molar-refractivity contribution < 1.29 is 4.79 Å². The number of carbonyl (C=O) groups excluding carboxylic acids is 1. The van der Waals surface area contributed by atoms with Crippen LogP contribution in [0.2, 0.25) is 0 Å². The monoisotopic (exact) mass is 373 g/mol. The topological polar surface area (TPSA) is 49.0 Å². The Bertz CT molecular complexity index is 953. The van der Waals surface area contributed by atoms with Crippen LogP contribution in [0.5, 0.6) is 0 Å². The van der Waals surface area contributed by atoms with E-state index in [1.54, 1.807) is 11.3 Å². The van der Waals surface area contributed by atoms with Crippen molar-refractivity contribution in [1.29, 1.82) is 0 Å². The normalized spacial score (nSPS) is 10.7. The zero-order valence-corrected chi connectivity index (χ0v) is 15.5. The molecule has 5 heteroatoms. The summed E-state index contributed by atoms with van der Waals surface area (Å²) in [5.41, 5.74) is 3.49. The minimum atomic E-state index is -0.0817. The molecule has 2 heterocycles. The van der Waals surface area contributed by atoms with Crippen LogP contribution in [-0.4, -0.2) is 21.0 Å². The molecule has 4 rings (SSSR count). The first kappa shape index (κ1) is 17.2. The standard InChI is InChI=1S/C22H19N3OS/c26-22(20-14-19(23-24-20)21-12-7-13-27-21)25(15-17-8-3-1-4-9-17)16-18-10-5-2-6-11-18/h1-14H,15-16H2,(H,23,24). The first-order chi connectivity index (χ1) is 13.3. The lowest BCUT2D eigenvalue weighted by Gasteiger charge is -2.22. The second-order valence-electron chi connectivity index (χ2n) is 6.28. The average Bonchev–Trinajstić information content (AvgIpc) is 3.40. The van der Waals surface area contributed by atoms with Gasteiger partial charge in [-0.1, -0.05) is 66.7 Å². The highest BCUT2D eigenvalue weighted by Gasteiger charge is 2.20. The smallest absolute Gasteiger partial charge is 0.274 e. The molecule has 0 atom stereocenters. The van der Waals surface area contributed by atoms with Crippen LogP contribution in [0.1, 0.15) is 21.6 Å². The summed E-state index contributed by atoms with van der Waals surface area (Å²) >= 11 is 1.62. The minimum Gasteiger partial charge on any atom is -0.329 e. The number of H-pyrrole nitrogens is 1. The molecule has 0 bridgehead atoms. The Hall–Kier alpha value is -3.18. The van der Waals surface area contributed by atoms with Gasteiger partial charge in [-0.2, -0.15) is 5.10 Å². The van der Waals surface area contributed by atoms with Gasteiger partial charge in [0.25, 0.3) is 5.91 Å². The lowest BCUT2D eigenvalue weighted by molar-refractivity contribution is 0.0724. The lowest BCUT2D eigenvalue weighted by Crippen LogP contribution is -2.30. The number of amides is 1. The average molecular weight is 373 g/mol. The maximum atomic E-state index is 13.2. The number of aromatic nitrogens is 2. The number of benzene rings is 2. The van der Waals surface area contributed by atoms with Crippen molar-refractivity contribution >= 4 is 17.2 Å². The van der Waals surface area contributed by atoms with Crippen LogP contribution in [0.4, 0.5) is 0 Å². The molecule has 1 N–H and O–H groups in total. The van der Waals surface area contributed by atoms with Gasteiger partial charge in [-0.15, -0.1) is 11.3 Å². The molecule has 134 valence electrons. The summed E-state index contributed by atoms with van der Waals surface area (Å²) in [6, 6.07) is 25.9. The van der Waals surface area contributed by atoms with Crippen LogP contribution in [0.25, 0.3) is 10.6 Å². The fourth-order valence-corrected chi connectivity index (χ4v) is 3.65. The Kier molecular flexibility index (Phi) is 5.12. The zero-order chi connectivity index (χ0) is 18.5. The molecule has 0 aliphatic heterocycles. The highest BCUT2D eigenvalue weighted by molar-refractivity contribution is 7.13. The fraction of sp³-hybridized carbons (Fsp3) is 0.0909. The van der Waals surface area contributed by atoms with Crippen molar-refractivity contribution in [1.82, 2.24) is 15.1 Å². The molecule has 0 saturated carbocycles. The van der Waals surface area contributed by atoms with Crippen LogP contribution in [0.3, 0.4) is 0 Å². The van der Waals surface area contributed by atoms with E-state index in [1.807, 2.05) is 89.1 Å². The predicted octanol–water partition coefficient (Wildman–Crippen LogP) is 4.98. The summed E-state index contributed by atoms with van der Waals surface area (Å²) < 4.78 is 0. The third-order valence-electron chi connectivity index (χ3n) is 4.30. The van der Waals surface area contributed by atoms with Gasteiger partial charge < -0.3 is 4.90 Å². The molecule has 0 fully saturated rings. The Morgan fingerprint density at radius 1 is 0.889 bits per heavy atom. The highest BCUT2D eigenvalue weighted by Crippen LogP contribution is 2.24. The molecule has 0 saturated heterocycles. The molecule has 27 heavy (non-hydrogen) atoms. The lowest BCUT2D eigenvalue weighted by atomic mass is 10.1. The van der Waals surface area contributed by atoms with Crippen LogP contribution < -0.4 is 0 Å². The third-order valence-corrected chi connectivity index (χ3v) is 5.21. The maximum Gasteiger partial charge on any atom is 0.274 e. The largest absolute Gasteiger partial charge is 0.329 e. The molecule has 4 nitrogen and oxygen atoms in total. The molecule has 4 aromatic rings. The van der Waals surface area contributed by atoms with E-state index in [0.717, 1.165) is 21.7 Å². The van der Waals surface area contributed by atoms with Gasteiger partial charge in [-0.05, 0) is 28.6 Å². The number of rotatable bonds is 6. The van der Waals surface area contributed by atoms with Crippen molar-refractivity contribution in [3.8, 4) is 10.6 Å². The van der Waals surface area contributed by atoms with Crippen LogP contribution in [-0.2, 0) is 13.1 Å². The SMILES string of the molecule is O=C(c1cc(-c2cccs2)[nH]n1)N(Cc1ccccc1)Cc1ccccc1. The molecule has 0 aliphatic rings. The Labute approximate surface area is 162 Å². The zero-order valence-electron chi connectivity index (χ0n) is 14.7. The fourth-order valence-electron chi connectivity index (χ4n) is 2.96. The van der Waals surface area contributed by atoms with E-state index in [1.165, 1.54) is 0 Å². The second-order valence-corrected chi connectivity index (χ2v) is 7.22. The van der Waals surface area contributed by atoms with Gasteiger partial charge in [0.1, 0.15) is 0 Å². The van der Waals surface area contributed by atoms with Gasteiger partial charge in [0.05, 0.1) is 10.6 Å². The van der Waals surface area contributed by atoms with Gasteiger partial charge in [-0.25, -0.2) is 0 Å². The summed E-state index contributed by atoms with van der Waals surface area (Å²) in [7, 11) is 0. The van der Waals surface area contributed by atoms with E-state index in [2.05, 4.69) is 10.2 Å². The number of hydrogen-bond donors (Lipinski definition) is 1. The van der Waals surface area contributed by atoms with Gasteiger partial charge in [0, 0.05) is 13.1 Å². The summed E-state index contributed by atoms with van der Waals surface area (Å²) in [6.45, 7) is 1.07. The Morgan fingerprint density at radius 2 is 1.52 bits per heavy atom. The first-order valence-corrected chi connectivity index (χ1v) is 9.64. The Morgan fingerprint density at radius 3 is 2.07 bits per heavy atom. The minimum absolute atomic E-state index is 0.0817. The van der Waals surface area contributed by atoms with E-state index in [-0.39, 0.29) is 5.91 Å². The molecule has 2 aromatic carbocycles. The molecule has 0 radical (unpaired) electrons. The van der Waals surface area contributed by atoms with E-state index >= 15 is 0 Å². The van der Waals surface area contributed by atoms with Crippen LogP contribution in [0.15, 0.2) is 84.2 Å². The number of thiophene rings is 1. The first-order valence-electron chi connectivity index (χ1n) is 8.76. The van der Waals surface area contributed by atoms with Gasteiger partial charge in [-0.3, -0.25) is 9.89 Å². The summed E-state index contributed by atoms with van der Waals surface area (Å²) in [6.07, 6.45) is 0. The molecule has 0 unspecified atom stereocenters. The summed E-state index contributed by atoms with van der Waals surface area (Å²) in [4.78, 5) is 16.1. The molecule has 0 spiro atoms. The molecule has 1 amide bonds. The molecular weight excluding hydrogens is 354 g/mol. The predicted molar refractivity (Wildman–Crippen MR) is 108 cm³/mol. The van der Waals surface area contributed by atoms with E-state index in [9.17, 15) is 4.79 Å². The summed E-state index contributed by atoms with van der Waals surface area (Å²) in [5.74, 6) is -0.0817. The van der Waals surface area contributed by atoms with Gasteiger partial charge >= 0.3 is 0 Å². The van der Waals surface area contributed by atoms with Crippen molar-refractivity contribution in [3.63, 3.8) is 0 Å². The number of hydrogen-bond acceptors (Lipinski definition) is 3. The Balaban J connectivity index is 1.60. The van der Waals surface area contributed by atoms with Crippen molar-refractivity contribution in [2.24, 2.45) is 0 Å². The third kappa shape index (κ3) is 4.15. The second kappa shape index (κ2) is 8.01. The van der Waals surface area contributed by atoms with E-state index in [0.29, 0.717) is 18.8 Å². The number of nitrogens with zero attached hydrogens (tertiary/aromatic N) is 2. The van der Waals surface area contributed by atoms with Crippen molar-refractivity contribution in [3.05, 3.63) is 101 Å². The van der Waals surface area contributed by atoms with Gasteiger partial charge in [0.15, 0.2) is 5.69 Å².